The second-order valence-electron chi connectivity index (χ2n) is 5.67. The molecule has 0 spiro atoms. The largest absolute Gasteiger partial charge is 0.294 e. The van der Waals surface area contributed by atoms with Crippen molar-refractivity contribution >= 4 is 5.78 Å². The van der Waals surface area contributed by atoms with Crippen LogP contribution in [0.4, 0.5) is 0 Å². The third-order valence-corrected chi connectivity index (χ3v) is 3.77. The average molecular weight is 216 g/mol. The molecule has 86 valence electrons. The van der Waals surface area contributed by atoms with Crippen LogP contribution >= 0.6 is 0 Å². The van der Waals surface area contributed by atoms with Crippen molar-refractivity contribution < 1.29 is 4.79 Å². The van der Waals surface area contributed by atoms with Crippen LogP contribution in [0.1, 0.15) is 49.9 Å². The van der Waals surface area contributed by atoms with Crippen LogP contribution in [0.2, 0.25) is 0 Å². The van der Waals surface area contributed by atoms with E-state index in [9.17, 15) is 4.79 Å². The minimum atomic E-state index is 0.260. The lowest BCUT2D eigenvalue weighted by Gasteiger charge is -2.33. The van der Waals surface area contributed by atoms with Gasteiger partial charge in [0.2, 0.25) is 0 Å². The summed E-state index contributed by atoms with van der Waals surface area (Å²) in [5.74, 6) is 0.603. The summed E-state index contributed by atoms with van der Waals surface area (Å²) in [7, 11) is 0. The highest BCUT2D eigenvalue weighted by Crippen LogP contribution is 2.39. The van der Waals surface area contributed by atoms with Crippen LogP contribution in [0, 0.1) is 11.3 Å². The molecule has 1 aliphatic carbocycles. The maximum atomic E-state index is 12.2. The lowest BCUT2D eigenvalue weighted by atomic mass is 9.71. The lowest BCUT2D eigenvalue weighted by Crippen LogP contribution is -2.26. The van der Waals surface area contributed by atoms with Crippen molar-refractivity contribution in [2.45, 2.75) is 39.5 Å². The van der Waals surface area contributed by atoms with Crippen molar-refractivity contribution in [3.8, 4) is 0 Å². The topological polar surface area (TPSA) is 17.1 Å². The van der Waals surface area contributed by atoms with E-state index in [0.29, 0.717) is 11.2 Å². The zero-order chi connectivity index (χ0) is 11.6. The van der Waals surface area contributed by atoms with Gasteiger partial charge in [0.05, 0.1) is 0 Å². The van der Waals surface area contributed by atoms with Crippen LogP contribution in [-0.2, 0) is 0 Å². The molecule has 0 amide bonds. The Bertz CT molecular complexity index is 354. The van der Waals surface area contributed by atoms with Crippen LogP contribution in [0.15, 0.2) is 30.3 Å². The van der Waals surface area contributed by atoms with E-state index in [-0.39, 0.29) is 5.92 Å². The molecule has 0 aromatic heterocycles. The van der Waals surface area contributed by atoms with Gasteiger partial charge in [0, 0.05) is 11.5 Å². The van der Waals surface area contributed by atoms with Gasteiger partial charge < -0.3 is 0 Å². The fourth-order valence-electron chi connectivity index (χ4n) is 2.50. The number of rotatable bonds is 2. The highest BCUT2D eigenvalue weighted by Gasteiger charge is 2.30. The number of carbonyl (C=O) groups is 1. The molecule has 0 atom stereocenters. The number of ketones is 1. The molecular weight excluding hydrogens is 196 g/mol. The fraction of sp³-hybridized carbons (Fsp3) is 0.533. The van der Waals surface area contributed by atoms with E-state index < -0.39 is 0 Å². The van der Waals surface area contributed by atoms with E-state index in [2.05, 4.69) is 13.8 Å². The first-order chi connectivity index (χ1) is 7.58. The SMILES string of the molecule is CC1(C)CCC(C(=O)c2ccccc2)CC1. The summed E-state index contributed by atoms with van der Waals surface area (Å²) in [6, 6.07) is 9.71. The number of benzene rings is 1. The molecule has 1 saturated carbocycles. The monoisotopic (exact) mass is 216 g/mol. The highest BCUT2D eigenvalue weighted by atomic mass is 16.1. The van der Waals surface area contributed by atoms with E-state index >= 15 is 0 Å². The Morgan fingerprint density at radius 1 is 1.12 bits per heavy atom. The summed E-state index contributed by atoms with van der Waals surface area (Å²) in [5.41, 5.74) is 1.32. The fourth-order valence-corrected chi connectivity index (χ4v) is 2.50. The molecule has 1 aromatic rings. The van der Waals surface area contributed by atoms with Gasteiger partial charge in [0.25, 0.3) is 0 Å². The maximum absolute atomic E-state index is 12.2. The quantitative estimate of drug-likeness (QED) is 0.681. The van der Waals surface area contributed by atoms with E-state index in [1.807, 2.05) is 30.3 Å². The molecule has 0 unspecified atom stereocenters. The molecule has 1 nitrogen and oxygen atoms in total. The number of carbonyl (C=O) groups excluding carboxylic acids is 1. The molecule has 1 fully saturated rings. The highest BCUT2D eigenvalue weighted by molar-refractivity contribution is 5.97. The van der Waals surface area contributed by atoms with Crippen LogP contribution in [0.3, 0.4) is 0 Å². The van der Waals surface area contributed by atoms with Gasteiger partial charge in [-0.15, -0.1) is 0 Å². The molecule has 0 radical (unpaired) electrons. The Morgan fingerprint density at radius 2 is 1.69 bits per heavy atom. The van der Waals surface area contributed by atoms with E-state index in [1.165, 1.54) is 12.8 Å². The molecule has 1 aromatic carbocycles. The first-order valence-corrected chi connectivity index (χ1v) is 6.18. The average Bonchev–Trinajstić information content (AvgIpc) is 2.29. The van der Waals surface area contributed by atoms with Crippen molar-refractivity contribution in [1.29, 1.82) is 0 Å². The maximum Gasteiger partial charge on any atom is 0.165 e. The Morgan fingerprint density at radius 3 is 2.25 bits per heavy atom. The standard InChI is InChI=1S/C15H20O/c1-15(2)10-8-13(9-11-15)14(16)12-6-4-3-5-7-12/h3-7,13H,8-11H2,1-2H3. The van der Waals surface area contributed by atoms with Gasteiger partial charge in [-0.05, 0) is 31.1 Å². The van der Waals surface area contributed by atoms with Gasteiger partial charge in [-0.1, -0.05) is 44.2 Å². The molecule has 0 saturated heterocycles. The Labute approximate surface area is 97.9 Å². The van der Waals surface area contributed by atoms with Gasteiger partial charge in [-0.25, -0.2) is 0 Å². The first kappa shape index (κ1) is 11.4. The van der Waals surface area contributed by atoms with E-state index in [1.54, 1.807) is 0 Å². The van der Waals surface area contributed by atoms with Crippen LogP contribution in [-0.4, -0.2) is 5.78 Å². The summed E-state index contributed by atoms with van der Waals surface area (Å²) >= 11 is 0. The Kier molecular flexibility index (Phi) is 3.13. The van der Waals surface area contributed by atoms with Crippen molar-refractivity contribution in [3.63, 3.8) is 0 Å². The molecule has 2 rings (SSSR count). The predicted molar refractivity (Wildman–Crippen MR) is 66.5 cm³/mol. The molecule has 1 aliphatic rings. The van der Waals surface area contributed by atoms with Crippen LogP contribution < -0.4 is 0 Å². The Hall–Kier alpha value is -1.11. The summed E-state index contributed by atoms with van der Waals surface area (Å²) in [5, 5.41) is 0. The van der Waals surface area contributed by atoms with Gasteiger partial charge >= 0.3 is 0 Å². The summed E-state index contributed by atoms with van der Waals surface area (Å²) < 4.78 is 0. The van der Waals surface area contributed by atoms with Gasteiger partial charge in [0.15, 0.2) is 5.78 Å². The number of hydrogen-bond acceptors (Lipinski definition) is 1. The van der Waals surface area contributed by atoms with Crippen molar-refractivity contribution in [2.24, 2.45) is 11.3 Å². The number of Topliss-reactive ketones (excluding diaryl/α,β-unsaturated/α-hetero) is 1. The Balaban J connectivity index is 2.03. The van der Waals surface area contributed by atoms with Crippen LogP contribution in [0.25, 0.3) is 0 Å². The zero-order valence-electron chi connectivity index (χ0n) is 10.2. The van der Waals surface area contributed by atoms with Crippen LogP contribution in [0.5, 0.6) is 0 Å². The van der Waals surface area contributed by atoms with Gasteiger partial charge in [-0.2, -0.15) is 0 Å². The van der Waals surface area contributed by atoms with Crippen molar-refractivity contribution in [1.82, 2.24) is 0 Å². The second-order valence-corrected chi connectivity index (χ2v) is 5.67. The summed E-state index contributed by atoms with van der Waals surface area (Å²) in [6.07, 6.45) is 4.47. The summed E-state index contributed by atoms with van der Waals surface area (Å²) in [4.78, 5) is 12.2. The van der Waals surface area contributed by atoms with E-state index in [4.69, 9.17) is 0 Å². The second kappa shape index (κ2) is 4.40. The van der Waals surface area contributed by atoms with Gasteiger partial charge in [0.1, 0.15) is 0 Å². The van der Waals surface area contributed by atoms with Crippen molar-refractivity contribution in [2.75, 3.05) is 0 Å². The van der Waals surface area contributed by atoms with Gasteiger partial charge in [-0.3, -0.25) is 4.79 Å². The summed E-state index contributed by atoms with van der Waals surface area (Å²) in [6.45, 7) is 4.60. The third kappa shape index (κ3) is 2.52. The molecular formula is C15H20O. The normalized spacial score (nSPS) is 20.6. The molecule has 1 heteroatoms. The molecule has 16 heavy (non-hydrogen) atoms. The zero-order valence-corrected chi connectivity index (χ0v) is 10.2. The first-order valence-electron chi connectivity index (χ1n) is 6.18. The lowest BCUT2D eigenvalue weighted by molar-refractivity contribution is 0.0838. The smallest absolute Gasteiger partial charge is 0.165 e. The predicted octanol–water partition coefficient (Wildman–Crippen LogP) is 4.09. The molecule has 0 N–H and O–H groups in total. The minimum absolute atomic E-state index is 0.260. The van der Waals surface area contributed by atoms with E-state index in [0.717, 1.165) is 18.4 Å². The third-order valence-electron chi connectivity index (χ3n) is 3.77. The molecule has 0 heterocycles. The van der Waals surface area contributed by atoms with Crippen molar-refractivity contribution in [3.05, 3.63) is 35.9 Å². The minimum Gasteiger partial charge on any atom is -0.294 e. The molecule has 0 aliphatic heterocycles. The number of hydrogen-bond donors (Lipinski definition) is 0. The molecule has 0 bridgehead atoms.